The van der Waals surface area contributed by atoms with Gasteiger partial charge in [0, 0.05) is 6.42 Å². The number of aryl methyl sites for hydroxylation is 1. The quantitative estimate of drug-likeness (QED) is 0.658. The van der Waals surface area contributed by atoms with Crippen molar-refractivity contribution in [3.8, 4) is 0 Å². The Morgan fingerprint density at radius 1 is 1.47 bits per heavy atom. The van der Waals surface area contributed by atoms with Crippen LogP contribution in [-0.2, 0) is 4.74 Å². The van der Waals surface area contributed by atoms with Gasteiger partial charge in [-0.1, -0.05) is 0 Å². The number of hydrogen-bond acceptors (Lipinski definition) is 6. The lowest BCUT2D eigenvalue weighted by atomic mass is 10.1. The van der Waals surface area contributed by atoms with Gasteiger partial charge in [0.2, 0.25) is 0 Å². The van der Waals surface area contributed by atoms with Crippen LogP contribution in [0.15, 0.2) is 0 Å². The molecule has 3 heterocycles. The highest BCUT2D eigenvalue weighted by atomic mass is 127. The molecule has 7 nitrogen and oxygen atoms in total. The highest BCUT2D eigenvalue weighted by Crippen LogP contribution is 2.32. The van der Waals surface area contributed by atoms with Crippen LogP contribution in [0.1, 0.15) is 24.0 Å². The largest absolute Gasteiger partial charge is 0.394 e. The van der Waals surface area contributed by atoms with Gasteiger partial charge in [-0.15, -0.1) is 0 Å². The van der Waals surface area contributed by atoms with Crippen LogP contribution in [0.4, 0.5) is 0 Å². The van der Waals surface area contributed by atoms with Crippen molar-refractivity contribution >= 4 is 33.6 Å². The number of fused-ring (bicyclic) bond motifs is 1. The molecule has 1 aliphatic rings. The number of aromatic nitrogens is 4. The molecule has 3 rings (SSSR count). The zero-order valence-electron chi connectivity index (χ0n) is 10.2. The molecule has 0 spiro atoms. The van der Waals surface area contributed by atoms with Crippen LogP contribution >= 0.6 is 22.6 Å². The topological polar surface area (TPSA) is 104 Å². The van der Waals surface area contributed by atoms with Crippen molar-refractivity contribution in [3.05, 3.63) is 15.2 Å². The normalized spacial score (nSPS) is 27.3. The van der Waals surface area contributed by atoms with E-state index in [1.807, 2.05) is 6.92 Å². The number of rotatable bonds is 2. The summed E-state index contributed by atoms with van der Waals surface area (Å²) in [6, 6.07) is 0. The van der Waals surface area contributed by atoms with Crippen LogP contribution in [0, 0.1) is 10.6 Å². The fourth-order valence-corrected chi connectivity index (χ4v) is 3.03. The molecule has 2 aromatic rings. The second-order valence-corrected chi connectivity index (χ2v) is 5.63. The molecular formula is C11H13IN4O3. The van der Waals surface area contributed by atoms with E-state index in [0.29, 0.717) is 17.9 Å². The summed E-state index contributed by atoms with van der Waals surface area (Å²) in [6.07, 6.45) is -1.26. The number of nitrogens with zero attached hydrogens (tertiary/aromatic N) is 3. The molecule has 1 saturated heterocycles. The van der Waals surface area contributed by atoms with Crippen LogP contribution in [0.3, 0.4) is 0 Å². The summed E-state index contributed by atoms with van der Waals surface area (Å²) in [4.78, 5) is 8.79. The monoisotopic (exact) mass is 376 g/mol. The number of aliphatic hydroxyl groups is 2. The van der Waals surface area contributed by atoms with E-state index in [-0.39, 0.29) is 6.61 Å². The van der Waals surface area contributed by atoms with Crippen LogP contribution < -0.4 is 0 Å². The van der Waals surface area contributed by atoms with Crippen molar-refractivity contribution in [2.24, 2.45) is 0 Å². The molecule has 0 radical (unpaired) electrons. The average Bonchev–Trinajstić information content (AvgIpc) is 2.93. The third kappa shape index (κ3) is 2.22. The molecule has 1 fully saturated rings. The second-order valence-electron chi connectivity index (χ2n) is 4.55. The van der Waals surface area contributed by atoms with Gasteiger partial charge in [-0.3, -0.25) is 5.10 Å². The Balaban J connectivity index is 1.98. The van der Waals surface area contributed by atoms with Gasteiger partial charge in [-0.05, 0) is 29.5 Å². The molecular weight excluding hydrogens is 363 g/mol. The Hall–Kier alpha value is -0.840. The fraction of sp³-hybridized carbons (Fsp3) is 0.545. The maximum atomic E-state index is 9.74. The summed E-state index contributed by atoms with van der Waals surface area (Å²) in [7, 11) is 0. The fourth-order valence-electron chi connectivity index (χ4n) is 2.28. The summed E-state index contributed by atoms with van der Waals surface area (Å²) in [5.41, 5.74) is 1.42. The Morgan fingerprint density at radius 3 is 2.95 bits per heavy atom. The molecule has 1 aliphatic heterocycles. The molecule has 3 atom stereocenters. The summed E-state index contributed by atoms with van der Waals surface area (Å²) < 4.78 is 6.45. The van der Waals surface area contributed by atoms with Gasteiger partial charge in [0.25, 0.3) is 0 Å². The van der Waals surface area contributed by atoms with E-state index in [1.54, 1.807) is 0 Å². The predicted octanol–water partition coefficient (Wildman–Crippen LogP) is 0.449. The molecule has 3 N–H and O–H groups in total. The molecule has 0 aromatic carbocycles. The van der Waals surface area contributed by atoms with E-state index in [9.17, 15) is 5.11 Å². The SMILES string of the molecule is Cc1nc([C@H]2CC(O)[C@@H](CO)O2)nc2n[nH]c(I)c12. The van der Waals surface area contributed by atoms with Crippen molar-refractivity contribution in [2.45, 2.75) is 31.7 Å². The van der Waals surface area contributed by atoms with Gasteiger partial charge in [0.1, 0.15) is 15.9 Å². The molecule has 0 saturated carbocycles. The Labute approximate surface area is 122 Å². The number of H-pyrrole nitrogens is 1. The smallest absolute Gasteiger partial charge is 0.185 e. The third-order valence-corrected chi connectivity index (χ3v) is 4.04. The Bertz CT molecular complexity index is 617. The molecule has 8 heteroatoms. The van der Waals surface area contributed by atoms with E-state index >= 15 is 0 Å². The number of aromatic amines is 1. The standard InChI is InChI=1S/C11H13IN4O3/c1-4-8-9(12)15-16-11(8)14-10(13-4)6-2-5(18)7(3-17)19-6/h5-7,17-18H,2-3H2,1H3,(H,13,14,15,16)/t5?,6-,7-/m1/s1. The van der Waals surface area contributed by atoms with Crippen LogP contribution in [-0.4, -0.2) is 49.2 Å². The van der Waals surface area contributed by atoms with Gasteiger partial charge < -0.3 is 14.9 Å². The first-order valence-corrected chi connectivity index (χ1v) is 7.00. The van der Waals surface area contributed by atoms with Gasteiger partial charge >= 0.3 is 0 Å². The third-order valence-electron chi connectivity index (χ3n) is 3.26. The van der Waals surface area contributed by atoms with Crippen molar-refractivity contribution < 1.29 is 14.9 Å². The van der Waals surface area contributed by atoms with Crippen LogP contribution in [0.25, 0.3) is 11.0 Å². The minimum atomic E-state index is -0.686. The number of ether oxygens (including phenoxy) is 1. The van der Waals surface area contributed by atoms with Crippen molar-refractivity contribution in [1.82, 2.24) is 20.2 Å². The van der Waals surface area contributed by atoms with Crippen LogP contribution in [0.5, 0.6) is 0 Å². The Morgan fingerprint density at radius 2 is 2.26 bits per heavy atom. The molecule has 0 aliphatic carbocycles. The molecule has 1 unspecified atom stereocenters. The first kappa shape index (κ1) is 13.2. The van der Waals surface area contributed by atoms with E-state index < -0.39 is 18.3 Å². The van der Waals surface area contributed by atoms with Crippen LogP contribution in [0.2, 0.25) is 0 Å². The van der Waals surface area contributed by atoms with Gasteiger partial charge in [-0.2, -0.15) is 5.10 Å². The minimum Gasteiger partial charge on any atom is -0.394 e. The van der Waals surface area contributed by atoms with Crippen molar-refractivity contribution in [2.75, 3.05) is 6.61 Å². The van der Waals surface area contributed by atoms with E-state index in [1.165, 1.54) is 0 Å². The molecule has 2 aromatic heterocycles. The number of nitrogens with one attached hydrogen (secondary N) is 1. The molecule has 0 amide bonds. The summed E-state index contributed by atoms with van der Waals surface area (Å²) in [6.45, 7) is 1.68. The lowest BCUT2D eigenvalue weighted by Crippen LogP contribution is -2.24. The highest BCUT2D eigenvalue weighted by molar-refractivity contribution is 14.1. The number of aliphatic hydroxyl groups excluding tert-OH is 2. The second kappa shape index (κ2) is 4.93. The van der Waals surface area contributed by atoms with E-state index in [2.05, 4.69) is 42.8 Å². The first-order valence-electron chi connectivity index (χ1n) is 5.92. The lowest BCUT2D eigenvalue weighted by Gasteiger charge is -2.11. The van der Waals surface area contributed by atoms with E-state index in [4.69, 9.17) is 9.84 Å². The predicted molar refractivity (Wildman–Crippen MR) is 74.5 cm³/mol. The minimum absolute atomic E-state index is 0.209. The zero-order valence-corrected chi connectivity index (χ0v) is 12.3. The highest BCUT2D eigenvalue weighted by Gasteiger charge is 2.36. The van der Waals surface area contributed by atoms with Gasteiger partial charge in [0.15, 0.2) is 11.5 Å². The summed E-state index contributed by atoms with van der Waals surface area (Å²) >= 11 is 2.15. The van der Waals surface area contributed by atoms with Gasteiger partial charge in [0.05, 0.1) is 23.8 Å². The number of hydrogen-bond donors (Lipinski definition) is 3. The maximum Gasteiger partial charge on any atom is 0.185 e. The zero-order chi connectivity index (χ0) is 13.6. The summed E-state index contributed by atoms with van der Waals surface area (Å²) in [5.74, 6) is 0.503. The van der Waals surface area contributed by atoms with E-state index in [0.717, 1.165) is 14.8 Å². The van der Waals surface area contributed by atoms with Crippen molar-refractivity contribution in [1.29, 1.82) is 0 Å². The molecule has 102 valence electrons. The molecule has 0 bridgehead atoms. The Kier molecular flexibility index (Phi) is 3.41. The lowest BCUT2D eigenvalue weighted by molar-refractivity contribution is -0.0246. The number of halogens is 1. The average molecular weight is 376 g/mol. The molecule has 19 heavy (non-hydrogen) atoms. The first-order chi connectivity index (χ1) is 9.10. The summed E-state index contributed by atoms with van der Waals surface area (Å²) in [5, 5.41) is 26.7. The van der Waals surface area contributed by atoms with Crippen molar-refractivity contribution in [3.63, 3.8) is 0 Å². The maximum absolute atomic E-state index is 9.74. The van der Waals surface area contributed by atoms with Gasteiger partial charge in [-0.25, -0.2) is 9.97 Å².